The van der Waals surface area contributed by atoms with Crippen molar-refractivity contribution in [2.24, 2.45) is 0 Å². The molecule has 3 N–H and O–H groups in total. The predicted octanol–water partition coefficient (Wildman–Crippen LogP) is 2.84. The van der Waals surface area contributed by atoms with E-state index in [1.807, 2.05) is 0 Å². The van der Waals surface area contributed by atoms with Gasteiger partial charge in [0.25, 0.3) is 0 Å². The second-order valence-electron chi connectivity index (χ2n) is 4.68. The summed E-state index contributed by atoms with van der Waals surface area (Å²) in [6.07, 6.45) is 1.04. The van der Waals surface area contributed by atoms with Crippen molar-refractivity contribution in [1.82, 2.24) is 15.0 Å². The molecule has 0 bridgehead atoms. The van der Waals surface area contributed by atoms with Crippen LogP contribution in [0.3, 0.4) is 0 Å². The minimum Gasteiger partial charge on any atom is -0.378 e. The molecule has 3 aromatic rings. The van der Waals surface area contributed by atoms with Crippen molar-refractivity contribution >= 4 is 28.8 Å². The lowest BCUT2D eigenvalue weighted by atomic mass is 10.2. The van der Waals surface area contributed by atoms with Gasteiger partial charge in [0.2, 0.25) is 11.8 Å². The highest BCUT2D eigenvalue weighted by atomic mass is 32.1. The number of hydrogen-bond acceptors (Lipinski definition) is 8. The van der Waals surface area contributed by atoms with Gasteiger partial charge in [0.1, 0.15) is 17.0 Å². The van der Waals surface area contributed by atoms with E-state index in [0.29, 0.717) is 16.3 Å². The van der Waals surface area contributed by atoms with Crippen LogP contribution in [-0.2, 0) is 6.54 Å². The number of nitrogens with two attached hydrogens (primary N) is 1. The largest absolute Gasteiger partial charge is 0.378 e. The van der Waals surface area contributed by atoms with Crippen LogP contribution in [0.15, 0.2) is 35.8 Å². The van der Waals surface area contributed by atoms with Crippen molar-refractivity contribution in [2.75, 3.05) is 11.1 Å². The van der Waals surface area contributed by atoms with Crippen molar-refractivity contribution < 1.29 is 9.31 Å². The molecular formula is C14H11FN6O2S. The van der Waals surface area contributed by atoms with Gasteiger partial charge in [-0.25, -0.2) is 14.4 Å². The van der Waals surface area contributed by atoms with Gasteiger partial charge in [0.05, 0.1) is 17.2 Å². The minimum atomic E-state index is -0.652. The first-order valence-corrected chi connectivity index (χ1v) is 7.62. The van der Waals surface area contributed by atoms with Gasteiger partial charge in [-0.05, 0) is 12.1 Å². The van der Waals surface area contributed by atoms with Gasteiger partial charge >= 0.3 is 5.69 Å². The quantitative estimate of drug-likeness (QED) is 0.538. The van der Waals surface area contributed by atoms with Crippen LogP contribution >= 0.6 is 11.3 Å². The van der Waals surface area contributed by atoms with Crippen molar-refractivity contribution in [3.8, 4) is 11.3 Å². The third kappa shape index (κ3) is 3.27. The molecule has 0 aliphatic carbocycles. The zero-order valence-electron chi connectivity index (χ0n) is 12.1. The summed E-state index contributed by atoms with van der Waals surface area (Å²) in [5.41, 5.74) is 6.12. The van der Waals surface area contributed by atoms with Crippen LogP contribution in [0.2, 0.25) is 0 Å². The molecule has 24 heavy (non-hydrogen) atoms. The standard InChI is InChI=1S/C14H11FN6O2S/c15-9-4-2-1-3-8(9)10-7-24-12(19-10)6-18-14-17-5-11(21(22)23)13(16)20-14/h1-5,7H,6H2,(H3,16,17,18,20). The highest BCUT2D eigenvalue weighted by Crippen LogP contribution is 2.25. The van der Waals surface area contributed by atoms with Gasteiger partial charge in [-0.3, -0.25) is 10.1 Å². The van der Waals surface area contributed by atoms with Crippen LogP contribution in [0.25, 0.3) is 11.3 Å². The minimum absolute atomic E-state index is 0.153. The summed E-state index contributed by atoms with van der Waals surface area (Å²) in [4.78, 5) is 22.0. The number of anilines is 2. The first-order valence-electron chi connectivity index (χ1n) is 6.74. The molecule has 2 aromatic heterocycles. The first kappa shape index (κ1) is 15.7. The molecule has 1 aromatic carbocycles. The molecule has 8 nitrogen and oxygen atoms in total. The molecule has 0 aliphatic rings. The Labute approximate surface area is 139 Å². The Hall–Kier alpha value is -3.14. The molecule has 3 rings (SSSR count). The summed E-state index contributed by atoms with van der Waals surface area (Å²) < 4.78 is 13.7. The van der Waals surface area contributed by atoms with Gasteiger partial charge < -0.3 is 11.1 Å². The Morgan fingerprint density at radius 2 is 2.12 bits per heavy atom. The van der Waals surface area contributed by atoms with E-state index >= 15 is 0 Å². The smallest absolute Gasteiger partial charge is 0.329 e. The zero-order chi connectivity index (χ0) is 17.1. The van der Waals surface area contributed by atoms with E-state index in [0.717, 1.165) is 6.20 Å². The van der Waals surface area contributed by atoms with Gasteiger partial charge in [0, 0.05) is 10.9 Å². The Kier molecular flexibility index (Phi) is 4.29. The number of benzene rings is 1. The summed E-state index contributed by atoms with van der Waals surface area (Å²) in [6.45, 7) is 0.288. The van der Waals surface area contributed by atoms with E-state index < -0.39 is 4.92 Å². The lowest BCUT2D eigenvalue weighted by Crippen LogP contribution is -2.07. The van der Waals surface area contributed by atoms with E-state index in [4.69, 9.17) is 5.73 Å². The number of nitrogens with zero attached hydrogens (tertiary/aromatic N) is 4. The van der Waals surface area contributed by atoms with Crippen molar-refractivity contribution in [2.45, 2.75) is 6.54 Å². The van der Waals surface area contributed by atoms with Crippen molar-refractivity contribution in [1.29, 1.82) is 0 Å². The van der Waals surface area contributed by atoms with Crippen LogP contribution < -0.4 is 11.1 Å². The van der Waals surface area contributed by atoms with Crippen LogP contribution in [0.1, 0.15) is 5.01 Å². The highest BCUT2D eigenvalue weighted by Gasteiger charge is 2.14. The molecule has 0 radical (unpaired) electrons. The van der Waals surface area contributed by atoms with E-state index in [-0.39, 0.29) is 29.8 Å². The van der Waals surface area contributed by atoms with E-state index in [1.54, 1.807) is 23.6 Å². The molecule has 2 heterocycles. The number of nitrogen functional groups attached to an aromatic ring is 1. The third-order valence-electron chi connectivity index (χ3n) is 3.09. The van der Waals surface area contributed by atoms with Gasteiger partial charge in [0.15, 0.2) is 0 Å². The second-order valence-corrected chi connectivity index (χ2v) is 5.62. The molecule has 0 amide bonds. The summed E-state index contributed by atoms with van der Waals surface area (Å²) in [5, 5.41) is 16.0. The second kappa shape index (κ2) is 6.54. The van der Waals surface area contributed by atoms with Crippen LogP contribution in [0.4, 0.5) is 21.8 Å². The Bertz CT molecular complexity index is 900. The number of aromatic nitrogens is 3. The van der Waals surface area contributed by atoms with Crippen molar-refractivity contribution in [3.63, 3.8) is 0 Å². The first-order chi connectivity index (χ1) is 11.5. The van der Waals surface area contributed by atoms with Gasteiger partial charge in [-0.15, -0.1) is 11.3 Å². The molecule has 0 atom stereocenters. The number of nitro groups is 1. The third-order valence-corrected chi connectivity index (χ3v) is 3.94. The average molecular weight is 346 g/mol. The number of halogens is 1. The number of rotatable bonds is 5. The number of hydrogen-bond donors (Lipinski definition) is 2. The number of thiazole rings is 1. The fourth-order valence-electron chi connectivity index (χ4n) is 1.95. The maximum atomic E-state index is 13.7. The molecule has 0 aliphatic heterocycles. The zero-order valence-corrected chi connectivity index (χ0v) is 13.0. The Morgan fingerprint density at radius 3 is 2.83 bits per heavy atom. The normalized spacial score (nSPS) is 10.5. The molecule has 0 unspecified atom stereocenters. The van der Waals surface area contributed by atoms with Crippen LogP contribution in [0.5, 0.6) is 0 Å². The van der Waals surface area contributed by atoms with Crippen LogP contribution in [-0.4, -0.2) is 19.9 Å². The Morgan fingerprint density at radius 1 is 1.33 bits per heavy atom. The van der Waals surface area contributed by atoms with Gasteiger partial charge in [-0.1, -0.05) is 12.1 Å². The molecule has 0 saturated carbocycles. The topological polar surface area (TPSA) is 120 Å². The maximum Gasteiger partial charge on any atom is 0.329 e. The monoisotopic (exact) mass is 346 g/mol. The van der Waals surface area contributed by atoms with E-state index in [9.17, 15) is 14.5 Å². The molecule has 10 heteroatoms. The average Bonchev–Trinajstić information content (AvgIpc) is 3.02. The lowest BCUT2D eigenvalue weighted by molar-refractivity contribution is -0.384. The highest BCUT2D eigenvalue weighted by molar-refractivity contribution is 7.09. The van der Waals surface area contributed by atoms with E-state index in [2.05, 4.69) is 20.3 Å². The summed E-state index contributed by atoms with van der Waals surface area (Å²) in [6, 6.07) is 6.38. The van der Waals surface area contributed by atoms with Gasteiger partial charge in [-0.2, -0.15) is 4.98 Å². The SMILES string of the molecule is Nc1nc(NCc2nc(-c3ccccc3F)cs2)ncc1[N+](=O)[O-]. The van der Waals surface area contributed by atoms with Crippen LogP contribution in [0, 0.1) is 15.9 Å². The number of nitrogens with one attached hydrogen (secondary N) is 1. The molecule has 0 spiro atoms. The summed E-state index contributed by atoms with van der Waals surface area (Å²) >= 11 is 1.35. The molecule has 0 fully saturated rings. The fraction of sp³-hybridized carbons (Fsp3) is 0.0714. The molecule has 122 valence electrons. The van der Waals surface area contributed by atoms with E-state index in [1.165, 1.54) is 17.4 Å². The maximum absolute atomic E-state index is 13.7. The summed E-state index contributed by atoms with van der Waals surface area (Å²) in [7, 11) is 0. The fourth-order valence-corrected chi connectivity index (χ4v) is 2.69. The molecular weight excluding hydrogens is 335 g/mol. The Balaban J connectivity index is 1.71. The van der Waals surface area contributed by atoms with Crippen molar-refractivity contribution in [3.05, 3.63) is 56.8 Å². The predicted molar refractivity (Wildman–Crippen MR) is 87.9 cm³/mol. The molecule has 0 saturated heterocycles. The lowest BCUT2D eigenvalue weighted by Gasteiger charge is -2.03. The summed E-state index contributed by atoms with van der Waals surface area (Å²) in [5.74, 6) is -0.404.